The molecule has 4 aromatic rings. The van der Waals surface area contributed by atoms with Crippen LogP contribution < -0.4 is 10.1 Å². The molecule has 0 aliphatic rings. The Morgan fingerprint density at radius 3 is 2.47 bits per heavy atom. The van der Waals surface area contributed by atoms with Crippen LogP contribution in [0.5, 0.6) is 5.75 Å². The average Bonchev–Trinajstić information content (AvgIpc) is 2.77. The van der Waals surface area contributed by atoms with Gasteiger partial charge in [-0.05, 0) is 53.9 Å². The van der Waals surface area contributed by atoms with Crippen LogP contribution in [0.25, 0.3) is 10.8 Å². The van der Waals surface area contributed by atoms with Gasteiger partial charge in [0.05, 0.1) is 11.6 Å². The van der Waals surface area contributed by atoms with Crippen molar-refractivity contribution in [2.75, 3.05) is 0 Å². The third-order valence-electron chi connectivity index (χ3n) is 5.23. The predicted molar refractivity (Wildman–Crippen MR) is 122 cm³/mol. The molecule has 0 saturated carbocycles. The molecule has 0 aliphatic carbocycles. The zero-order valence-electron chi connectivity index (χ0n) is 17.3. The molecule has 1 N–H and O–H groups in total. The molecule has 3 heteroatoms. The van der Waals surface area contributed by atoms with Crippen LogP contribution in [0.4, 0.5) is 0 Å². The van der Waals surface area contributed by atoms with Crippen LogP contribution in [0.15, 0.2) is 91.0 Å². The Bertz CT molecular complexity index is 1180. The molecule has 0 spiro atoms. The van der Waals surface area contributed by atoms with E-state index in [9.17, 15) is 4.79 Å². The Labute approximate surface area is 177 Å². The van der Waals surface area contributed by atoms with Crippen molar-refractivity contribution in [3.05, 3.63) is 113 Å². The first kappa shape index (κ1) is 19.7. The van der Waals surface area contributed by atoms with E-state index in [-0.39, 0.29) is 11.9 Å². The lowest BCUT2D eigenvalue weighted by Crippen LogP contribution is -2.27. The Balaban J connectivity index is 1.48. The van der Waals surface area contributed by atoms with Crippen LogP contribution in [0.3, 0.4) is 0 Å². The van der Waals surface area contributed by atoms with Crippen molar-refractivity contribution in [3.8, 4) is 5.75 Å². The molecule has 0 aromatic heterocycles. The summed E-state index contributed by atoms with van der Waals surface area (Å²) in [4.78, 5) is 13.0. The summed E-state index contributed by atoms with van der Waals surface area (Å²) >= 11 is 0. The van der Waals surface area contributed by atoms with Crippen molar-refractivity contribution in [2.45, 2.75) is 26.5 Å². The van der Waals surface area contributed by atoms with E-state index in [0.29, 0.717) is 17.9 Å². The first-order valence-corrected chi connectivity index (χ1v) is 10.2. The van der Waals surface area contributed by atoms with Crippen LogP contribution >= 0.6 is 0 Å². The predicted octanol–water partition coefficient (Wildman–Crippen LogP) is 6.22. The van der Waals surface area contributed by atoms with Crippen molar-refractivity contribution in [2.24, 2.45) is 0 Å². The lowest BCUT2D eigenvalue weighted by Gasteiger charge is -2.17. The maximum absolute atomic E-state index is 13.0. The molecule has 0 radical (unpaired) electrons. The summed E-state index contributed by atoms with van der Waals surface area (Å²) in [6, 6.07) is 29.9. The minimum atomic E-state index is -0.143. The highest BCUT2D eigenvalue weighted by Gasteiger charge is 2.16. The Kier molecular flexibility index (Phi) is 5.80. The van der Waals surface area contributed by atoms with E-state index >= 15 is 0 Å². The fraction of sp³-hybridized carbons (Fsp3) is 0.148. The van der Waals surface area contributed by atoms with E-state index < -0.39 is 0 Å². The third kappa shape index (κ3) is 4.52. The van der Waals surface area contributed by atoms with Gasteiger partial charge in [0.1, 0.15) is 12.4 Å². The molecule has 4 rings (SSSR count). The maximum Gasteiger partial charge on any atom is 0.255 e. The first-order valence-electron chi connectivity index (χ1n) is 10.2. The van der Waals surface area contributed by atoms with Gasteiger partial charge in [-0.3, -0.25) is 4.79 Å². The number of fused-ring (bicyclic) bond motifs is 1. The van der Waals surface area contributed by atoms with Crippen molar-refractivity contribution in [1.82, 2.24) is 5.32 Å². The normalized spacial score (nSPS) is 11.8. The van der Waals surface area contributed by atoms with Crippen molar-refractivity contribution < 1.29 is 9.53 Å². The molecule has 1 atom stereocenters. The highest BCUT2D eigenvalue weighted by molar-refractivity contribution is 5.97. The number of amides is 1. The molecule has 0 heterocycles. The molecule has 3 nitrogen and oxygen atoms in total. The number of rotatable bonds is 6. The quantitative estimate of drug-likeness (QED) is 0.421. The summed E-state index contributed by atoms with van der Waals surface area (Å²) in [5.74, 6) is 0.442. The van der Waals surface area contributed by atoms with Gasteiger partial charge in [-0.1, -0.05) is 78.4 Å². The Morgan fingerprint density at radius 2 is 1.63 bits per heavy atom. The third-order valence-corrected chi connectivity index (χ3v) is 5.23. The second-order valence-corrected chi connectivity index (χ2v) is 7.58. The lowest BCUT2D eigenvalue weighted by atomic mass is 10.0. The minimum Gasteiger partial charge on any atom is -0.488 e. The zero-order chi connectivity index (χ0) is 20.9. The lowest BCUT2D eigenvalue weighted by molar-refractivity contribution is 0.0935. The number of hydrogen-bond acceptors (Lipinski definition) is 2. The first-order chi connectivity index (χ1) is 14.6. The number of carbonyl (C=O) groups is 1. The largest absolute Gasteiger partial charge is 0.488 e. The fourth-order valence-corrected chi connectivity index (χ4v) is 3.58. The number of benzene rings is 4. The van der Waals surface area contributed by atoms with E-state index in [2.05, 4.69) is 54.7 Å². The van der Waals surface area contributed by atoms with Gasteiger partial charge in [0.2, 0.25) is 0 Å². The molecule has 4 aromatic carbocycles. The summed E-state index contributed by atoms with van der Waals surface area (Å²) in [7, 11) is 0. The fourth-order valence-electron chi connectivity index (χ4n) is 3.58. The molecular weight excluding hydrogens is 370 g/mol. The second-order valence-electron chi connectivity index (χ2n) is 7.58. The van der Waals surface area contributed by atoms with Crippen molar-refractivity contribution in [1.29, 1.82) is 0 Å². The van der Waals surface area contributed by atoms with Gasteiger partial charge >= 0.3 is 0 Å². The number of carbonyl (C=O) groups excluding carboxylic acids is 1. The monoisotopic (exact) mass is 395 g/mol. The van der Waals surface area contributed by atoms with Gasteiger partial charge in [-0.15, -0.1) is 0 Å². The number of ether oxygens (including phenoxy) is 1. The van der Waals surface area contributed by atoms with Gasteiger partial charge in [0, 0.05) is 0 Å². The highest BCUT2D eigenvalue weighted by Crippen LogP contribution is 2.23. The number of para-hydroxylation sites is 1. The molecule has 30 heavy (non-hydrogen) atoms. The van der Waals surface area contributed by atoms with Gasteiger partial charge in [-0.25, -0.2) is 0 Å². The maximum atomic E-state index is 13.0. The minimum absolute atomic E-state index is 0.119. The zero-order valence-corrected chi connectivity index (χ0v) is 17.3. The summed E-state index contributed by atoms with van der Waals surface area (Å²) < 4.78 is 5.98. The van der Waals surface area contributed by atoms with Gasteiger partial charge in [-0.2, -0.15) is 0 Å². The van der Waals surface area contributed by atoms with Crippen LogP contribution in [0.1, 0.15) is 40.0 Å². The molecular formula is C27H25NO2. The van der Waals surface area contributed by atoms with E-state index in [1.54, 1.807) is 6.07 Å². The van der Waals surface area contributed by atoms with E-state index in [1.165, 1.54) is 10.9 Å². The van der Waals surface area contributed by atoms with Gasteiger partial charge in [0.25, 0.3) is 5.91 Å². The summed E-state index contributed by atoms with van der Waals surface area (Å²) in [6.07, 6.45) is 0. The summed E-state index contributed by atoms with van der Waals surface area (Å²) in [5, 5.41) is 5.46. The van der Waals surface area contributed by atoms with Gasteiger partial charge < -0.3 is 10.1 Å². The number of hydrogen-bond donors (Lipinski definition) is 1. The number of nitrogens with one attached hydrogen (secondary N) is 1. The molecule has 0 unspecified atom stereocenters. The SMILES string of the molecule is Cc1cccc(COc2ccccc2C(=O)N[C@@H](C)c2ccc3ccccc3c2)c1. The standard InChI is InChI=1S/C27H25NO2/c1-19-8-7-9-21(16-19)18-30-26-13-6-5-12-25(26)27(29)28-20(2)23-15-14-22-10-3-4-11-24(22)17-23/h3-17,20H,18H2,1-2H3,(H,28,29)/t20-/m0/s1. The highest BCUT2D eigenvalue weighted by atomic mass is 16.5. The molecule has 0 fully saturated rings. The van der Waals surface area contributed by atoms with Crippen LogP contribution in [0, 0.1) is 6.92 Å². The van der Waals surface area contributed by atoms with Gasteiger partial charge in [0.15, 0.2) is 0 Å². The van der Waals surface area contributed by atoms with Crippen molar-refractivity contribution >= 4 is 16.7 Å². The molecule has 150 valence electrons. The van der Waals surface area contributed by atoms with Crippen LogP contribution in [-0.4, -0.2) is 5.91 Å². The molecule has 1 amide bonds. The summed E-state index contributed by atoms with van der Waals surface area (Å²) in [6.45, 7) is 4.48. The van der Waals surface area contributed by atoms with E-state index in [1.807, 2.05) is 49.4 Å². The topological polar surface area (TPSA) is 38.3 Å². The van der Waals surface area contributed by atoms with Crippen molar-refractivity contribution in [3.63, 3.8) is 0 Å². The number of aryl methyl sites for hydroxylation is 1. The van der Waals surface area contributed by atoms with Crippen LogP contribution in [0.2, 0.25) is 0 Å². The second kappa shape index (κ2) is 8.83. The average molecular weight is 396 g/mol. The smallest absolute Gasteiger partial charge is 0.255 e. The summed E-state index contributed by atoms with van der Waals surface area (Å²) in [5.41, 5.74) is 3.87. The van der Waals surface area contributed by atoms with E-state index in [4.69, 9.17) is 4.74 Å². The van der Waals surface area contributed by atoms with E-state index in [0.717, 1.165) is 16.5 Å². The van der Waals surface area contributed by atoms with Crippen LogP contribution in [-0.2, 0) is 6.61 Å². The Morgan fingerprint density at radius 1 is 0.867 bits per heavy atom. The molecule has 0 bridgehead atoms. The molecule has 0 aliphatic heterocycles. The molecule has 0 saturated heterocycles. The Hall–Kier alpha value is -3.59.